The largest absolute Gasteiger partial charge is 0.396 e. The van der Waals surface area contributed by atoms with Gasteiger partial charge in [0.05, 0.1) is 18.4 Å². The summed E-state index contributed by atoms with van der Waals surface area (Å²) in [6.07, 6.45) is 1.92. The number of aliphatic hydroxyl groups is 1. The second-order valence-electron chi connectivity index (χ2n) is 4.45. The van der Waals surface area contributed by atoms with Gasteiger partial charge in [0.1, 0.15) is 0 Å². The number of hydrogen-bond donors (Lipinski definition) is 2. The number of hydrogen-bond acceptors (Lipinski definition) is 3. The van der Waals surface area contributed by atoms with E-state index in [-0.39, 0.29) is 42.1 Å². The molecule has 0 bridgehead atoms. The van der Waals surface area contributed by atoms with E-state index in [1.54, 1.807) is 0 Å². The van der Waals surface area contributed by atoms with E-state index < -0.39 is 0 Å². The lowest BCUT2D eigenvalue weighted by molar-refractivity contribution is -0.126. The molecule has 4 heteroatoms. The van der Waals surface area contributed by atoms with Crippen LogP contribution in [0.5, 0.6) is 0 Å². The van der Waals surface area contributed by atoms with Gasteiger partial charge < -0.3 is 5.11 Å². The van der Waals surface area contributed by atoms with E-state index >= 15 is 0 Å². The van der Waals surface area contributed by atoms with Crippen molar-refractivity contribution in [2.75, 3.05) is 6.61 Å². The summed E-state index contributed by atoms with van der Waals surface area (Å²) < 4.78 is 0. The van der Waals surface area contributed by atoms with Crippen molar-refractivity contribution in [2.45, 2.75) is 13.8 Å². The minimum absolute atomic E-state index is 0.0775. The van der Waals surface area contributed by atoms with Crippen LogP contribution in [0.15, 0.2) is 11.6 Å². The molecule has 4 nitrogen and oxygen atoms in total. The predicted molar refractivity (Wildman–Crippen MR) is 53.6 cm³/mol. The Morgan fingerprint density at radius 2 is 1.93 bits per heavy atom. The summed E-state index contributed by atoms with van der Waals surface area (Å²) in [5.41, 5.74) is 1.08. The molecule has 1 aliphatic heterocycles. The summed E-state index contributed by atoms with van der Waals surface area (Å²) in [4.78, 5) is 23.2. The molecule has 0 radical (unpaired) electrons. The maximum atomic E-state index is 11.6. The fourth-order valence-corrected chi connectivity index (χ4v) is 2.66. The molecule has 1 fully saturated rings. The summed E-state index contributed by atoms with van der Waals surface area (Å²) in [7, 11) is 0. The van der Waals surface area contributed by atoms with E-state index in [1.807, 2.05) is 19.9 Å². The van der Waals surface area contributed by atoms with Crippen molar-refractivity contribution >= 4 is 11.8 Å². The van der Waals surface area contributed by atoms with Crippen LogP contribution in [0.4, 0.5) is 0 Å². The van der Waals surface area contributed by atoms with Crippen LogP contribution in [0.2, 0.25) is 0 Å². The lowest BCUT2D eigenvalue weighted by Gasteiger charge is -2.32. The molecule has 2 amide bonds. The maximum Gasteiger partial charge on any atom is 0.231 e. The molecule has 0 spiro atoms. The molecule has 1 saturated heterocycles. The van der Waals surface area contributed by atoms with Gasteiger partial charge in [-0.3, -0.25) is 14.9 Å². The molecule has 0 aromatic carbocycles. The van der Waals surface area contributed by atoms with Gasteiger partial charge in [-0.05, 0) is 12.8 Å². The van der Waals surface area contributed by atoms with Gasteiger partial charge in [-0.15, -0.1) is 0 Å². The molecule has 1 heterocycles. The van der Waals surface area contributed by atoms with Gasteiger partial charge >= 0.3 is 0 Å². The fourth-order valence-electron chi connectivity index (χ4n) is 2.66. The van der Waals surface area contributed by atoms with Crippen molar-refractivity contribution in [2.24, 2.45) is 23.7 Å². The van der Waals surface area contributed by atoms with Gasteiger partial charge in [0.2, 0.25) is 11.8 Å². The van der Waals surface area contributed by atoms with Crippen molar-refractivity contribution in [3.8, 4) is 0 Å². The van der Waals surface area contributed by atoms with Crippen molar-refractivity contribution < 1.29 is 14.7 Å². The molecule has 0 aromatic heterocycles. The summed E-state index contributed by atoms with van der Waals surface area (Å²) >= 11 is 0. The summed E-state index contributed by atoms with van der Waals surface area (Å²) in [5, 5.41) is 11.6. The first-order valence-corrected chi connectivity index (χ1v) is 5.20. The third-order valence-electron chi connectivity index (χ3n) is 3.64. The van der Waals surface area contributed by atoms with Gasteiger partial charge in [-0.1, -0.05) is 18.6 Å². The Balaban J connectivity index is 2.41. The Labute approximate surface area is 88.4 Å². The van der Waals surface area contributed by atoms with E-state index in [0.717, 1.165) is 5.57 Å². The first kappa shape index (κ1) is 10.4. The molecule has 0 saturated carbocycles. The minimum atomic E-state index is -0.374. The Bertz CT molecular complexity index is 348. The quantitative estimate of drug-likeness (QED) is 0.475. The third-order valence-corrected chi connectivity index (χ3v) is 3.64. The van der Waals surface area contributed by atoms with E-state index in [2.05, 4.69) is 5.32 Å². The van der Waals surface area contributed by atoms with Crippen molar-refractivity contribution in [3.63, 3.8) is 0 Å². The molecular weight excluding hydrogens is 194 g/mol. The highest BCUT2D eigenvalue weighted by molar-refractivity contribution is 6.05. The predicted octanol–water partition coefficient (Wildman–Crippen LogP) is 0.0797. The minimum Gasteiger partial charge on any atom is -0.396 e. The Hall–Kier alpha value is -1.16. The average molecular weight is 209 g/mol. The van der Waals surface area contributed by atoms with Crippen LogP contribution in [-0.4, -0.2) is 23.5 Å². The van der Waals surface area contributed by atoms with Crippen LogP contribution < -0.4 is 5.32 Å². The van der Waals surface area contributed by atoms with Crippen LogP contribution in [0.1, 0.15) is 13.8 Å². The lowest BCUT2D eigenvalue weighted by Crippen LogP contribution is -2.36. The normalized spacial score (nSPS) is 39.8. The molecule has 15 heavy (non-hydrogen) atoms. The number of fused-ring (bicyclic) bond motifs is 1. The highest BCUT2D eigenvalue weighted by Gasteiger charge is 2.50. The number of rotatable bonds is 1. The second kappa shape index (κ2) is 3.45. The van der Waals surface area contributed by atoms with Gasteiger partial charge in [0, 0.05) is 5.92 Å². The van der Waals surface area contributed by atoms with Crippen LogP contribution >= 0.6 is 0 Å². The number of nitrogens with one attached hydrogen (secondary N) is 1. The summed E-state index contributed by atoms with van der Waals surface area (Å²) in [5.74, 6) is -1.22. The average Bonchev–Trinajstić information content (AvgIpc) is 2.48. The van der Waals surface area contributed by atoms with Crippen LogP contribution in [0, 0.1) is 23.7 Å². The standard InChI is InChI=1S/C11H15NO3/c1-5-3-7(4-13)9-8(6(5)2)10(14)12-11(9)15/h3,6-9,13H,4H2,1-2H3,(H,12,14,15)/t6-,7-,8-,9+/m0/s1. The molecular formula is C11H15NO3. The van der Waals surface area contributed by atoms with Gasteiger partial charge in [-0.25, -0.2) is 0 Å². The Morgan fingerprint density at radius 3 is 2.53 bits per heavy atom. The van der Waals surface area contributed by atoms with Crippen LogP contribution in [0.3, 0.4) is 0 Å². The third kappa shape index (κ3) is 1.40. The first-order chi connectivity index (χ1) is 7.06. The zero-order chi connectivity index (χ0) is 11.2. The van der Waals surface area contributed by atoms with E-state index in [0.29, 0.717) is 0 Å². The zero-order valence-corrected chi connectivity index (χ0v) is 8.86. The van der Waals surface area contributed by atoms with Gasteiger partial charge in [-0.2, -0.15) is 0 Å². The number of carbonyl (C=O) groups excluding carboxylic acids is 2. The first-order valence-electron chi connectivity index (χ1n) is 5.20. The number of aliphatic hydroxyl groups excluding tert-OH is 1. The fraction of sp³-hybridized carbons (Fsp3) is 0.636. The Morgan fingerprint density at radius 1 is 1.33 bits per heavy atom. The number of imide groups is 1. The lowest BCUT2D eigenvalue weighted by atomic mass is 9.69. The number of amides is 2. The molecule has 1 aliphatic carbocycles. The van der Waals surface area contributed by atoms with E-state index in [9.17, 15) is 14.7 Å². The van der Waals surface area contributed by atoms with Crippen molar-refractivity contribution in [1.82, 2.24) is 5.32 Å². The van der Waals surface area contributed by atoms with E-state index in [4.69, 9.17) is 0 Å². The molecule has 2 aliphatic rings. The van der Waals surface area contributed by atoms with E-state index in [1.165, 1.54) is 0 Å². The highest BCUT2D eigenvalue weighted by atomic mass is 16.3. The molecule has 2 rings (SSSR count). The molecule has 0 unspecified atom stereocenters. The SMILES string of the molecule is CC1=C[C@@H](CO)[C@H]2C(=O)NC(=O)[C@H]2[C@H]1C. The monoisotopic (exact) mass is 209 g/mol. The maximum absolute atomic E-state index is 11.6. The molecule has 2 N–H and O–H groups in total. The number of carbonyl (C=O) groups is 2. The molecule has 0 aromatic rings. The van der Waals surface area contributed by atoms with Gasteiger partial charge in [0.15, 0.2) is 0 Å². The second-order valence-corrected chi connectivity index (χ2v) is 4.45. The van der Waals surface area contributed by atoms with Gasteiger partial charge in [0.25, 0.3) is 0 Å². The zero-order valence-electron chi connectivity index (χ0n) is 8.86. The van der Waals surface area contributed by atoms with Crippen LogP contribution in [-0.2, 0) is 9.59 Å². The molecule has 82 valence electrons. The summed E-state index contributed by atoms with van der Waals surface area (Å²) in [6.45, 7) is 3.82. The van der Waals surface area contributed by atoms with Crippen molar-refractivity contribution in [1.29, 1.82) is 0 Å². The topological polar surface area (TPSA) is 66.4 Å². The highest BCUT2D eigenvalue weighted by Crippen LogP contribution is 2.40. The van der Waals surface area contributed by atoms with Crippen molar-refractivity contribution in [3.05, 3.63) is 11.6 Å². The van der Waals surface area contributed by atoms with Crippen LogP contribution in [0.25, 0.3) is 0 Å². The number of allylic oxidation sites excluding steroid dienone is 1. The molecule has 4 atom stereocenters. The Kier molecular flexibility index (Phi) is 2.38. The summed E-state index contributed by atoms with van der Waals surface area (Å²) in [6, 6.07) is 0. The smallest absolute Gasteiger partial charge is 0.231 e.